The van der Waals surface area contributed by atoms with Crippen molar-refractivity contribution in [3.63, 3.8) is 0 Å². The van der Waals surface area contributed by atoms with Crippen molar-refractivity contribution >= 4 is 28.8 Å². The average molecular weight is 379 g/mol. The van der Waals surface area contributed by atoms with E-state index < -0.39 is 0 Å². The van der Waals surface area contributed by atoms with Crippen molar-refractivity contribution in [2.75, 3.05) is 12.4 Å². The SMILES string of the molecule is [C-]#[N+]c1cc(Cl)c(Nc2ncnc(-c3ccc(C)cc3)c2OC)cc1CC. The van der Waals surface area contributed by atoms with Gasteiger partial charge in [-0.2, -0.15) is 0 Å². The minimum absolute atomic E-state index is 0.454. The Morgan fingerprint density at radius 2 is 1.93 bits per heavy atom. The highest BCUT2D eigenvalue weighted by atomic mass is 35.5. The minimum atomic E-state index is 0.454. The minimum Gasteiger partial charge on any atom is -0.491 e. The number of ether oxygens (including phenoxy) is 1. The summed E-state index contributed by atoms with van der Waals surface area (Å²) in [6.45, 7) is 11.3. The van der Waals surface area contributed by atoms with Crippen molar-refractivity contribution in [1.82, 2.24) is 9.97 Å². The first-order valence-electron chi connectivity index (χ1n) is 8.50. The molecule has 0 aliphatic carbocycles. The van der Waals surface area contributed by atoms with Gasteiger partial charge in [0.05, 0.1) is 24.4 Å². The van der Waals surface area contributed by atoms with Crippen LogP contribution in [0.4, 0.5) is 17.2 Å². The number of benzene rings is 2. The fraction of sp³-hybridized carbons (Fsp3) is 0.190. The van der Waals surface area contributed by atoms with Gasteiger partial charge < -0.3 is 10.1 Å². The topological polar surface area (TPSA) is 51.4 Å². The number of aryl methyl sites for hydroxylation is 2. The van der Waals surface area contributed by atoms with Gasteiger partial charge >= 0.3 is 0 Å². The van der Waals surface area contributed by atoms with Crippen molar-refractivity contribution in [3.8, 4) is 17.0 Å². The molecule has 0 radical (unpaired) electrons. The van der Waals surface area contributed by atoms with E-state index >= 15 is 0 Å². The number of nitrogens with one attached hydrogen (secondary N) is 1. The third-order valence-corrected chi connectivity index (χ3v) is 4.57. The van der Waals surface area contributed by atoms with Crippen LogP contribution in [0.5, 0.6) is 5.75 Å². The molecule has 0 spiro atoms. The van der Waals surface area contributed by atoms with E-state index in [2.05, 4.69) is 20.1 Å². The molecule has 0 bridgehead atoms. The van der Waals surface area contributed by atoms with Crippen molar-refractivity contribution in [1.29, 1.82) is 0 Å². The van der Waals surface area contributed by atoms with Crippen LogP contribution in [0.3, 0.4) is 0 Å². The summed E-state index contributed by atoms with van der Waals surface area (Å²) in [5.41, 5.74) is 4.95. The molecule has 2 aromatic carbocycles. The van der Waals surface area contributed by atoms with Gasteiger partial charge in [-0.25, -0.2) is 14.8 Å². The zero-order valence-electron chi connectivity index (χ0n) is 15.4. The maximum atomic E-state index is 7.28. The van der Waals surface area contributed by atoms with Gasteiger partial charge in [-0.3, -0.25) is 0 Å². The predicted molar refractivity (Wildman–Crippen MR) is 109 cm³/mol. The summed E-state index contributed by atoms with van der Waals surface area (Å²) in [4.78, 5) is 12.2. The van der Waals surface area contributed by atoms with Crippen molar-refractivity contribution in [2.24, 2.45) is 0 Å². The van der Waals surface area contributed by atoms with E-state index in [0.717, 1.165) is 17.5 Å². The van der Waals surface area contributed by atoms with Gasteiger partial charge in [0.1, 0.15) is 12.0 Å². The lowest BCUT2D eigenvalue weighted by Gasteiger charge is -2.15. The van der Waals surface area contributed by atoms with E-state index in [1.54, 1.807) is 13.2 Å². The Morgan fingerprint density at radius 3 is 2.56 bits per heavy atom. The zero-order chi connectivity index (χ0) is 19.4. The molecule has 0 atom stereocenters. The summed E-state index contributed by atoms with van der Waals surface area (Å²) in [7, 11) is 1.59. The van der Waals surface area contributed by atoms with Gasteiger partial charge in [0.2, 0.25) is 0 Å². The van der Waals surface area contributed by atoms with Crippen LogP contribution in [0.15, 0.2) is 42.7 Å². The number of hydrogen-bond acceptors (Lipinski definition) is 4. The van der Waals surface area contributed by atoms with Gasteiger partial charge in [0.15, 0.2) is 17.3 Å². The second-order valence-corrected chi connectivity index (χ2v) is 6.43. The first kappa shape index (κ1) is 18.7. The van der Waals surface area contributed by atoms with Crippen LogP contribution in [0, 0.1) is 13.5 Å². The fourth-order valence-corrected chi connectivity index (χ4v) is 3.00. The molecule has 0 saturated heterocycles. The van der Waals surface area contributed by atoms with Gasteiger partial charge in [-0.05, 0) is 31.0 Å². The second-order valence-electron chi connectivity index (χ2n) is 6.02. The summed E-state index contributed by atoms with van der Waals surface area (Å²) in [5, 5.41) is 3.68. The Hall–Kier alpha value is -3.10. The monoisotopic (exact) mass is 378 g/mol. The largest absolute Gasteiger partial charge is 0.491 e. The number of rotatable bonds is 5. The van der Waals surface area contributed by atoms with Crippen molar-refractivity contribution in [3.05, 3.63) is 70.3 Å². The zero-order valence-corrected chi connectivity index (χ0v) is 16.1. The highest BCUT2D eigenvalue weighted by Gasteiger charge is 2.16. The first-order chi connectivity index (χ1) is 13.1. The lowest BCUT2D eigenvalue weighted by molar-refractivity contribution is 0.415. The Balaban J connectivity index is 2.05. The number of nitrogens with zero attached hydrogens (tertiary/aromatic N) is 3. The summed E-state index contributed by atoms with van der Waals surface area (Å²) in [6, 6.07) is 11.6. The molecule has 0 aliphatic rings. The van der Waals surface area contributed by atoms with Crippen LogP contribution < -0.4 is 10.1 Å². The summed E-state index contributed by atoms with van der Waals surface area (Å²) >= 11 is 6.37. The third kappa shape index (κ3) is 3.86. The third-order valence-electron chi connectivity index (χ3n) is 4.26. The molecule has 1 heterocycles. The number of hydrogen-bond donors (Lipinski definition) is 1. The van der Waals surface area contributed by atoms with Gasteiger partial charge in [-0.1, -0.05) is 48.4 Å². The molecule has 0 fully saturated rings. The Bertz CT molecular complexity index is 1010. The van der Waals surface area contributed by atoms with E-state index in [1.165, 1.54) is 11.9 Å². The number of halogens is 1. The molecule has 136 valence electrons. The molecule has 1 aromatic heterocycles. The second kappa shape index (κ2) is 8.07. The van der Waals surface area contributed by atoms with E-state index in [0.29, 0.717) is 33.7 Å². The summed E-state index contributed by atoms with van der Waals surface area (Å²) < 4.78 is 5.60. The predicted octanol–water partition coefficient (Wildman–Crippen LogP) is 5.97. The molecule has 3 rings (SSSR count). The Labute approximate surface area is 163 Å². The first-order valence-corrected chi connectivity index (χ1v) is 8.88. The standard InChI is InChI=1S/C21H19ClN4O/c1-5-14-10-18(16(22)11-17(14)23-3)26-21-20(27-4)19(24-12-25-21)15-8-6-13(2)7-9-15/h6-12H,5H2,1-2,4H3,(H,24,25,26). The van der Waals surface area contributed by atoms with E-state index in [-0.39, 0.29) is 0 Å². The molecule has 27 heavy (non-hydrogen) atoms. The molecule has 0 unspecified atom stereocenters. The van der Waals surface area contributed by atoms with Crippen LogP contribution >= 0.6 is 11.6 Å². The molecular formula is C21H19ClN4O. The quantitative estimate of drug-likeness (QED) is 0.555. The van der Waals surface area contributed by atoms with Gasteiger partial charge in [0.25, 0.3) is 0 Å². The van der Waals surface area contributed by atoms with Crippen LogP contribution in [0.2, 0.25) is 5.02 Å². The molecule has 3 aromatic rings. The van der Waals surface area contributed by atoms with E-state index in [4.69, 9.17) is 22.9 Å². The highest BCUT2D eigenvalue weighted by Crippen LogP contribution is 2.38. The van der Waals surface area contributed by atoms with Crippen LogP contribution in [0.1, 0.15) is 18.1 Å². The van der Waals surface area contributed by atoms with Crippen LogP contribution in [0.25, 0.3) is 16.1 Å². The normalized spacial score (nSPS) is 10.3. The maximum absolute atomic E-state index is 7.28. The fourth-order valence-electron chi connectivity index (χ4n) is 2.79. The Morgan fingerprint density at radius 1 is 1.19 bits per heavy atom. The molecule has 5 nitrogen and oxygen atoms in total. The summed E-state index contributed by atoms with van der Waals surface area (Å²) in [5.74, 6) is 1.05. The molecule has 1 N–H and O–H groups in total. The van der Waals surface area contributed by atoms with Crippen LogP contribution in [-0.4, -0.2) is 17.1 Å². The van der Waals surface area contributed by atoms with E-state index in [1.807, 2.05) is 44.2 Å². The van der Waals surface area contributed by atoms with Gasteiger partial charge in [-0.15, -0.1) is 0 Å². The van der Waals surface area contributed by atoms with Crippen molar-refractivity contribution < 1.29 is 4.74 Å². The highest BCUT2D eigenvalue weighted by molar-refractivity contribution is 6.33. The molecule has 0 saturated carbocycles. The lowest BCUT2D eigenvalue weighted by atomic mass is 10.1. The van der Waals surface area contributed by atoms with Crippen molar-refractivity contribution in [2.45, 2.75) is 20.3 Å². The molecule has 6 heteroatoms. The smallest absolute Gasteiger partial charge is 0.192 e. The number of methoxy groups -OCH3 is 1. The lowest BCUT2D eigenvalue weighted by Crippen LogP contribution is -2.02. The number of anilines is 2. The maximum Gasteiger partial charge on any atom is 0.192 e. The Kier molecular flexibility index (Phi) is 5.58. The van der Waals surface area contributed by atoms with Gasteiger partial charge in [0, 0.05) is 5.56 Å². The molecule has 0 amide bonds. The van der Waals surface area contributed by atoms with E-state index in [9.17, 15) is 0 Å². The number of aromatic nitrogens is 2. The van der Waals surface area contributed by atoms with Crippen LogP contribution in [-0.2, 0) is 6.42 Å². The molecule has 0 aliphatic heterocycles. The summed E-state index contributed by atoms with van der Waals surface area (Å²) in [6.07, 6.45) is 2.22. The molecular weight excluding hydrogens is 360 g/mol. The average Bonchev–Trinajstić information content (AvgIpc) is 2.69.